The molecule has 0 aromatic heterocycles. The third-order valence-corrected chi connectivity index (χ3v) is 4.53. The van der Waals surface area contributed by atoms with Crippen molar-refractivity contribution in [2.24, 2.45) is 5.10 Å². The summed E-state index contributed by atoms with van der Waals surface area (Å²) in [5.74, 6) is 0.520. The number of carbonyl (C=O) groups excluding carboxylic acids is 1. The Hall–Kier alpha value is -3.06. The lowest BCUT2D eigenvalue weighted by Crippen LogP contribution is -2.36. The highest BCUT2D eigenvalue weighted by molar-refractivity contribution is 5.99. The topological polar surface area (TPSA) is 75.2 Å². The van der Waals surface area contributed by atoms with Crippen LogP contribution in [0.4, 0.5) is 11.4 Å². The lowest BCUT2D eigenvalue weighted by Gasteiger charge is -2.28. The highest BCUT2D eigenvalue weighted by atomic mass is 16.5. The van der Waals surface area contributed by atoms with Crippen molar-refractivity contribution in [1.82, 2.24) is 5.43 Å². The second kappa shape index (κ2) is 9.75. The molecule has 0 atom stereocenters. The van der Waals surface area contributed by atoms with Crippen LogP contribution in [0.3, 0.4) is 0 Å². The first kappa shape index (κ1) is 19.7. The van der Waals surface area contributed by atoms with Crippen molar-refractivity contribution in [1.29, 1.82) is 0 Å². The van der Waals surface area contributed by atoms with Crippen molar-refractivity contribution in [3.8, 4) is 5.75 Å². The minimum absolute atomic E-state index is 0.125. The Morgan fingerprint density at radius 2 is 1.93 bits per heavy atom. The highest BCUT2D eigenvalue weighted by Gasteiger charge is 2.11. The third kappa shape index (κ3) is 5.47. The summed E-state index contributed by atoms with van der Waals surface area (Å²) in [6.07, 6.45) is 0. The van der Waals surface area contributed by atoms with E-state index in [1.54, 1.807) is 7.11 Å². The summed E-state index contributed by atoms with van der Waals surface area (Å²) in [6, 6.07) is 15.6. The van der Waals surface area contributed by atoms with Crippen LogP contribution in [-0.4, -0.2) is 51.6 Å². The molecule has 148 valence electrons. The monoisotopic (exact) mass is 382 g/mol. The van der Waals surface area contributed by atoms with Crippen LogP contribution in [0.2, 0.25) is 0 Å². The Morgan fingerprint density at radius 3 is 2.64 bits per heavy atom. The number of hydrazone groups is 1. The maximum absolute atomic E-state index is 12.0. The zero-order valence-electron chi connectivity index (χ0n) is 16.3. The van der Waals surface area contributed by atoms with Gasteiger partial charge < -0.3 is 19.7 Å². The van der Waals surface area contributed by atoms with E-state index in [1.165, 1.54) is 5.69 Å². The molecular weight excluding hydrogens is 356 g/mol. The van der Waals surface area contributed by atoms with E-state index in [4.69, 9.17) is 9.47 Å². The van der Waals surface area contributed by atoms with Gasteiger partial charge in [-0.3, -0.25) is 4.79 Å². The number of anilines is 2. The summed E-state index contributed by atoms with van der Waals surface area (Å²) in [4.78, 5) is 14.3. The molecule has 1 heterocycles. The second-order valence-electron chi connectivity index (χ2n) is 6.46. The maximum atomic E-state index is 12.0. The van der Waals surface area contributed by atoms with Gasteiger partial charge in [0.1, 0.15) is 5.75 Å². The molecule has 1 fully saturated rings. The van der Waals surface area contributed by atoms with Gasteiger partial charge in [0, 0.05) is 30.5 Å². The molecule has 1 amide bonds. The van der Waals surface area contributed by atoms with E-state index < -0.39 is 0 Å². The molecule has 7 heteroatoms. The van der Waals surface area contributed by atoms with Gasteiger partial charge in [0.2, 0.25) is 0 Å². The Balaban J connectivity index is 1.50. The van der Waals surface area contributed by atoms with Crippen molar-refractivity contribution < 1.29 is 14.3 Å². The van der Waals surface area contributed by atoms with Crippen LogP contribution >= 0.6 is 0 Å². The Labute approximate surface area is 165 Å². The first-order valence-electron chi connectivity index (χ1n) is 9.30. The van der Waals surface area contributed by atoms with Crippen LogP contribution in [-0.2, 0) is 9.53 Å². The van der Waals surface area contributed by atoms with Gasteiger partial charge in [0.05, 0.1) is 32.6 Å². The number of benzene rings is 2. The molecule has 7 nitrogen and oxygen atoms in total. The number of rotatable bonds is 7. The lowest BCUT2D eigenvalue weighted by atomic mass is 10.1. The number of hydrogen-bond acceptors (Lipinski definition) is 6. The van der Waals surface area contributed by atoms with Gasteiger partial charge in [0.15, 0.2) is 0 Å². The van der Waals surface area contributed by atoms with Crippen LogP contribution in [0.1, 0.15) is 12.5 Å². The van der Waals surface area contributed by atoms with E-state index in [-0.39, 0.29) is 12.5 Å². The van der Waals surface area contributed by atoms with Crippen molar-refractivity contribution in [3.63, 3.8) is 0 Å². The van der Waals surface area contributed by atoms with E-state index >= 15 is 0 Å². The molecule has 1 aliphatic heterocycles. The molecule has 28 heavy (non-hydrogen) atoms. The molecule has 2 aromatic rings. The van der Waals surface area contributed by atoms with Crippen molar-refractivity contribution >= 4 is 23.0 Å². The molecule has 0 unspecified atom stereocenters. The fraction of sp³-hybridized carbons (Fsp3) is 0.333. The van der Waals surface area contributed by atoms with Gasteiger partial charge in [-0.1, -0.05) is 18.2 Å². The van der Waals surface area contributed by atoms with Gasteiger partial charge in [-0.05, 0) is 36.8 Å². The van der Waals surface area contributed by atoms with Crippen LogP contribution < -0.4 is 20.4 Å². The summed E-state index contributed by atoms with van der Waals surface area (Å²) in [7, 11) is 1.61. The number of methoxy groups -OCH3 is 1. The zero-order chi connectivity index (χ0) is 19.8. The molecule has 0 spiro atoms. The average Bonchev–Trinajstić information content (AvgIpc) is 2.77. The fourth-order valence-corrected chi connectivity index (χ4v) is 2.90. The molecule has 1 saturated heterocycles. The molecule has 0 aliphatic carbocycles. The molecule has 0 saturated carbocycles. The van der Waals surface area contributed by atoms with E-state index in [9.17, 15) is 4.79 Å². The lowest BCUT2D eigenvalue weighted by molar-refractivity contribution is -0.119. The van der Waals surface area contributed by atoms with E-state index in [2.05, 4.69) is 32.9 Å². The number of carbonyl (C=O) groups is 1. The molecule has 3 rings (SSSR count). The number of ether oxygens (including phenoxy) is 2. The minimum Gasteiger partial charge on any atom is -0.497 e. The van der Waals surface area contributed by atoms with E-state index in [1.807, 2.05) is 43.3 Å². The number of morpholine rings is 1. The van der Waals surface area contributed by atoms with Crippen LogP contribution in [0.15, 0.2) is 53.6 Å². The average molecular weight is 382 g/mol. The zero-order valence-corrected chi connectivity index (χ0v) is 16.3. The molecular formula is C21H26N4O3. The Kier molecular flexibility index (Phi) is 6.86. The van der Waals surface area contributed by atoms with E-state index in [0.29, 0.717) is 0 Å². The SMILES string of the molecule is COc1cccc(NCC(=O)N/N=C(/C)c2ccc(N3CCOCC3)cc2)c1. The van der Waals surface area contributed by atoms with E-state index in [0.717, 1.165) is 49.0 Å². The van der Waals surface area contributed by atoms with Crippen LogP contribution in [0.5, 0.6) is 5.75 Å². The van der Waals surface area contributed by atoms with Crippen molar-refractivity contribution in [2.75, 3.05) is 50.2 Å². The standard InChI is InChI=1S/C21H26N4O3/c1-16(17-6-8-19(9-7-17)25-10-12-28-13-11-25)23-24-21(26)15-22-18-4-3-5-20(14-18)27-2/h3-9,14,22H,10-13,15H2,1-2H3,(H,24,26)/b23-16-. The third-order valence-electron chi connectivity index (χ3n) is 4.53. The first-order chi connectivity index (χ1) is 13.7. The quantitative estimate of drug-likeness (QED) is 0.568. The predicted molar refractivity (Wildman–Crippen MR) is 111 cm³/mol. The van der Waals surface area contributed by atoms with Gasteiger partial charge in [-0.2, -0.15) is 5.10 Å². The predicted octanol–water partition coefficient (Wildman–Crippen LogP) is 2.48. The summed E-state index contributed by atoms with van der Waals surface area (Å²) in [5, 5.41) is 7.25. The molecule has 2 N–H and O–H groups in total. The summed E-state index contributed by atoms with van der Waals surface area (Å²) in [6.45, 7) is 5.33. The number of nitrogens with zero attached hydrogens (tertiary/aromatic N) is 2. The summed E-state index contributed by atoms with van der Waals surface area (Å²) >= 11 is 0. The van der Waals surface area contributed by atoms with Crippen LogP contribution in [0, 0.1) is 0 Å². The summed E-state index contributed by atoms with van der Waals surface area (Å²) in [5.41, 5.74) is 6.30. The molecule has 2 aromatic carbocycles. The summed E-state index contributed by atoms with van der Waals surface area (Å²) < 4.78 is 10.5. The fourth-order valence-electron chi connectivity index (χ4n) is 2.90. The highest BCUT2D eigenvalue weighted by Crippen LogP contribution is 2.17. The van der Waals surface area contributed by atoms with Gasteiger partial charge >= 0.3 is 0 Å². The van der Waals surface area contributed by atoms with Gasteiger partial charge in [0.25, 0.3) is 5.91 Å². The van der Waals surface area contributed by atoms with Crippen LogP contribution in [0.25, 0.3) is 0 Å². The van der Waals surface area contributed by atoms with Crippen molar-refractivity contribution in [2.45, 2.75) is 6.92 Å². The number of nitrogens with one attached hydrogen (secondary N) is 2. The minimum atomic E-state index is -0.216. The molecule has 0 radical (unpaired) electrons. The smallest absolute Gasteiger partial charge is 0.259 e. The van der Waals surface area contributed by atoms with Gasteiger partial charge in [-0.25, -0.2) is 5.43 Å². The molecule has 0 bridgehead atoms. The maximum Gasteiger partial charge on any atom is 0.259 e. The van der Waals surface area contributed by atoms with Gasteiger partial charge in [-0.15, -0.1) is 0 Å². The second-order valence-corrected chi connectivity index (χ2v) is 6.46. The van der Waals surface area contributed by atoms with Crippen molar-refractivity contribution in [3.05, 3.63) is 54.1 Å². The Morgan fingerprint density at radius 1 is 1.18 bits per heavy atom. The normalized spacial score (nSPS) is 14.5. The Bertz CT molecular complexity index is 815. The number of hydrogen-bond donors (Lipinski definition) is 2. The first-order valence-corrected chi connectivity index (χ1v) is 9.30. The number of amides is 1. The largest absolute Gasteiger partial charge is 0.497 e. The molecule has 1 aliphatic rings.